The molecular weight excluding hydrogens is 439 g/mol. The Kier molecular flexibility index (Phi) is 8.98. The van der Waals surface area contributed by atoms with E-state index in [9.17, 15) is 22.8 Å². The van der Waals surface area contributed by atoms with Crippen LogP contribution in [0.5, 0.6) is 0 Å². The minimum atomic E-state index is -5.08. The topological polar surface area (TPSA) is 90.0 Å². The number of piperazine rings is 1. The predicted octanol–water partition coefficient (Wildman–Crippen LogP) is 2.56. The SMILES string of the molecule is CN(C)Cc1cccc(C(=O)N2CCNC(=O)C2Cc2ccccc2)c1.O=C(O)C(F)(F)F. The molecule has 1 aliphatic rings. The number of carbonyl (C=O) groups excluding carboxylic acids is 2. The molecule has 0 radical (unpaired) electrons. The molecule has 2 aromatic rings. The highest BCUT2D eigenvalue weighted by atomic mass is 19.4. The highest BCUT2D eigenvalue weighted by Gasteiger charge is 2.38. The van der Waals surface area contributed by atoms with Crippen molar-refractivity contribution in [2.45, 2.75) is 25.2 Å². The van der Waals surface area contributed by atoms with Crippen molar-refractivity contribution >= 4 is 17.8 Å². The van der Waals surface area contributed by atoms with Crippen LogP contribution in [-0.4, -0.2) is 72.1 Å². The van der Waals surface area contributed by atoms with Gasteiger partial charge in [0.15, 0.2) is 0 Å². The first-order valence-corrected chi connectivity index (χ1v) is 10.2. The molecule has 2 amide bonds. The summed E-state index contributed by atoms with van der Waals surface area (Å²) in [5.74, 6) is -2.92. The van der Waals surface area contributed by atoms with Gasteiger partial charge >= 0.3 is 12.1 Å². The number of carbonyl (C=O) groups is 3. The molecule has 10 heteroatoms. The summed E-state index contributed by atoms with van der Waals surface area (Å²) in [6, 6.07) is 17.0. The van der Waals surface area contributed by atoms with E-state index in [-0.39, 0.29) is 11.8 Å². The fourth-order valence-corrected chi connectivity index (χ4v) is 3.33. The summed E-state index contributed by atoms with van der Waals surface area (Å²) in [5.41, 5.74) is 2.77. The number of hydrogen-bond donors (Lipinski definition) is 2. The molecule has 0 aromatic heterocycles. The zero-order chi connectivity index (χ0) is 24.6. The van der Waals surface area contributed by atoms with Gasteiger partial charge in [-0.2, -0.15) is 13.2 Å². The van der Waals surface area contributed by atoms with Crippen molar-refractivity contribution in [3.05, 3.63) is 71.3 Å². The molecule has 0 bridgehead atoms. The minimum Gasteiger partial charge on any atom is -0.475 e. The summed E-state index contributed by atoms with van der Waals surface area (Å²) in [4.78, 5) is 38.2. The molecule has 0 aliphatic carbocycles. The number of nitrogens with one attached hydrogen (secondary N) is 1. The van der Waals surface area contributed by atoms with E-state index in [4.69, 9.17) is 9.90 Å². The van der Waals surface area contributed by atoms with E-state index >= 15 is 0 Å². The molecule has 1 atom stereocenters. The number of rotatable bonds is 5. The van der Waals surface area contributed by atoms with E-state index in [0.29, 0.717) is 25.1 Å². The van der Waals surface area contributed by atoms with Gasteiger partial charge in [0.25, 0.3) is 5.91 Å². The standard InChI is InChI=1S/C21H25N3O2.C2HF3O2/c1-23(2)15-17-9-6-10-18(13-17)21(26)24-12-11-22-20(25)19(24)14-16-7-4-3-5-8-16;3-2(4,5)1(6)7/h3-10,13,19H,11-12,14-15H2,1-2H3,(H,22,25);(H,6,7). The Labute approximate surface area is 189 Å². The van der Waals surface area contributed by atoms with Gasteiger partial charge in [0.2, 0.25) is 5.91 Å². The third-order valence-corrected chi connectivity index (χ3v) is 4.78. The number of aliphatic carboxylic acids is 1. The maximum Gasteiger partial charge on any atom is 0.490 e. The molecule has 1 unspecified atom stereocenters. The molecule has 1 saturated heterocycles. The van der Waals surface area contributed by atoms with Gasteiger partial charge in [0.1, 0.15) is 6.04 Å². The predicted molar refractivity (Wildman–Crippen MR) is 116 cm³/mol. The molecule has 1 aliphatic heterocycles. The van der Waals surface area contributed by atoms with E-state index < -0.39 is 18.2 Å². The minimum absolute atomic E-state index is 0.0820. The highest BCUT2D eigenvalue weighted by molar-refractivity contribution is 5.98. The summed E-state index contributed by atoms with van der Waals surface area (Å²) in [5, 5.41) is 10.0. The first kappa shape index (κ1) is 25.9. The van der Waals surface area contributed by atoms with Crippen LogP contribution in [0.3, 0.4) is 0 Å². The average Bonchev–Trinajstić information content (AvgIpc) is 2.75. The molecule has 7 nitrogen and oxygen atoms in total. The van der Waals surface area contributed by atoms with E-state index in [2.05, 4.69) is 10.2 Å². The van der Waals surface area contributed by atoms with Crippen molar-refractivity contribution in [2.75, 3.05) is 27.2 Å². The molecule has 2 aromatic carbocycles. The lowest BCUT2D eigenvalue weighted by Crippen LogP contribution is -2.58. The van der Waals surface area contributed by atoms with Crippen LogP contribution in [0, 0.1) is 0 Å². The Morgan fingerprint density at radius 2 is 1.70 bits per heavy atom. The number of benzene rings is 2. The van der Waals surface area contributed by atoms with Crippen molar-refractivity contribution in [1.82, 2.24) is 15.1 Å². The largest absolute Gasteiger partial charge is 0.490 e. The van der Waals surface area contributed by atoms with Gasteiger partial charge in [-0.1, -0.05) is 42.5 Å². The van der Waals surface area contributed by atoms with E-state index in [1.165, 1.54) is 0 Å². The Morgan fingerprint density at radius 3 is 2.27 bits per heavy atom. The second-order valence-electron chi connectivity index (χ2n) is 7.74. The average molecular weight is 465 g/mol. The van der Waals surface area contributed by atoms with E-state index in [1.807, 2.05) is 68.7 Å². The van der Waals surface area contributed by atoms with Gasteiger partial charge in [0, 0.05) is 31.6 Å². The van der Waals surface area contributed by atoms with E-state index in [0.717, 1.165) is 17.7 Å². The Balaban J connectivity index is 0.000000479. The summed E-state index contributed by atoms with van der Waals surface area (Å²) in [7, 11) is 4.00. The third kappa shape index (κ3) is 7.90. The van der Waals surface area contributed by atoms with E-state index in [1.54, 1.807) is 4.90 Å². The van der Waals surface area contributed by atoms with Gasteiger partial charge in [0.05, 0.1) is 0 Å². The van der Waals surface area contributed by atoms with Crippen molar-refractivity contribution in [3.63, 3.8) is 0 Å². The molecule has 0 spiro atoms. The second-order valence-corrected chi connectivity index (χ2v) is 7.74. The third-order valence-electron chi connectivity index (χ3n) is 4.78. The fraction of sp³-hybridized carbons (Fsp3) is 0.348. The zero-order valence-corrected chi connectivity index (χ0v) is 18.3. The first-order chi connectivity index (χ1) is 15.5. The van der Waals surface area contributed by atoms with Gasteiger partial charge in [-0.3, -0.25) is 9.59 Å². The number of amides is 2. The van der Waals surface area contributed by atoms with Crippen LogP contribution in [0.1, 0.15) is 21.5 Å². The Bertz CT molecular complexity index is 965. The Hall–Kier alpha value is -3.40. The molecule has 1 fully saturated rings. The van der Waals surface area contributed by atoms with Gasteiger partial charge in [-0.25, -0.2) is 4.79 Å². The summed E-state index contributed by atoms with van der Waals surface area (Å²) in [6.45, 7) is 1.79. The maximum atomic E-state index is 13.1. The molecule has 178 valence electrons. The van der Waals surface area contributed by atoms with Crippen LogP contribution in [-0.2, 0) is 22.6 Å². The van der Waals surface area contributed by atoms with Crippen LogP contribution in [0.15, 0.2) is 54.6 Å². The van der Waals surface area contributed by atoms with Crippen molar-refractivity contribution < 1.29 is 32.7 Å². The molecular formula is C23H26F3N3O4. The summed E-state index contributed by atoms with van der Waals surface area (Å²) >= 11 is 0. The fourth-order valence-electron chi connectivity index (χ4n) is 3.33. The molecule has 2 N–H and O–H groups in total. The van der Waals surface area contributed by atoms with Crippen molar-refractivity contribution in [3.8, 4) is 0 Å². The highest BCUT2D eigenvalue weighted by Crippen LogP contribution is 2.17. The normalized spacial score (nSPS) is 16.0. The lowest BCUT2D eigenvalue weighted by atomic mass is 10.0. The monoisotopic (exact) mass is 465 g/mol. The molecule has 3 rings (SSSR count). The Morgan fingerprint density at radius 1 is 1.09 bits per heavy atom. The molecule has 1 heterocycles. The summed E-state index contributed by atoms with van der Waals surface area (Å²) in [6.07, 6.45) is -4.56. The lowest BCUT2D eigenvalue weighted by Gasteiger charge is -2.35. The zero-order valence-electron chi connectivity index (χ0n) is 18.3. The van der Waals surface area contributed by atoms with Gasteiger partial charge < -0.3 is 20.2 Å². The number of hydrogen-bond acceptors (Lipinski definition) is 4. The number of halogens is 3. The number of carboxylic acids is 1. The van der Waals surface area contributed by atoms with Crippen molar-refractivity contribution in [2.24, 2.45) is 0 Å². The number of alkyl halides is 3. The molecule has 33 heavy (non-hydrogen) atoms. The number of nitrogens with zero attached hydrogens (tertiary/aromatic N) is 2. The summed E-state index contributed by atoms with van der Waals surface area (Å²) < 4.78 is 31.7. The molecule has 0 saturated carbocycles. The van der Waals surface area contributed by atoms with Gasteiger partial charge in [-0.05, 0) is 37.4 Å². The maximum absolute atomic E-state index is 13.1. The van der Waals surface area contributed by atoms with Crippen LogP contribution in [0.2, 0.25) is 0 Å². The van der Waals surface area contributed by atoms with Gasteiger partial charge in [-0.15, -0.1) is 0 Å². The van der Waals surface area contributed by atoms with Crippen LogP contribution < -0.4 is 5.32 Å². The van der Waals surface area contributed by atoms with Crippen LogP contribution in [0.25, 0.3) is 0 Å². The smallest absolute Gasteiger partial charge is 0.475 e. The van der Waals surface area contributed by atoms with Crippen LogP contribution in [0.4, 0.5) is 13.2 Å². The van der Waals surface area contributed by atoms with Crippen molar-refractivity contribution in [1.29, 1.82) is 0 Å². The quantitative estimate of drug-likeness (QED) is 0.709. The van der Waals surface area contributed by atoms with Crippen LogP contribution >= 0.6 is 0 Å². The second kappa shape index (κ2) is 11.5. The first-order valence-electron chi connectivity index (χ1n) is 10.2. The number of carboxylic acid groups (broad SMARTS) is 1. The lowest BCUT2D eigenvalue weighted by molar-refractivity contribution is -0.192.